The first-order valence-corrected chi connectivity index (χ1v) is 6.22. The Morgan fingerprint density at radius 3 is 2.95 bits per heavy atom. The van der Waals surface area contributed by atoms with E-state index in [1.165, 1.54) is 5.56 Å². The van der Waals surface area contributed by atoms with E-state index in [0.717, 1.165) is 23.4 Å². The summed E-state index contributed by atoms with van der Waals surface area (Å²) in [6, 6.07) is 6.51. The summed E-state index contributed by atoms with van der Waals surface area (Å²) in [5.41, 5.74) is 3.96. The first-order valence-electron chi connectivity index (χ1n) is 6.22. The molecule has 5 nitrogen and oxygen atoms in total. The highest BCUT2D eigenvalue weighted by molar-refractivity contribution is 5.96. The largest absolute Gasteiger partial charge is 0.432 e. The molecule has 0 bridgehead atoms. The molecule has 3 rings (SSSR count). The number of carbonyl (C=O) groups excluding carboxylic acids is 1. The third-order valence-corrected chi connectivity index (χ3v) is 3.44. The van der Waals surface area contributed by atoms with Crippen LogP contribution in [0.15, 0.2) is 28.9 Å². The number of rotatable bonds is 2. The Labute approximate surface area is 111 Å². The van der Waals surface area contributed by atoms with Gasteiger partial charge in [-0.05, 0) is 24.1 Å². The minimum Gasteiger partial charge on any atom is -0.432 e. The lowest BCUT2D eigenvalue weighted by atomic mass is 9.98. The molecule has 5 heteroatoms. The van der Waals surface area contributed by atoms with Crippen LogP contribution in [0.3, 0.4) is 0 Å². The molecule has 0 atom stereocenters. The van der Waals surface area contributed by atoms with E-state index in [4.69, 9.17) is 4.42 Å². The number of nitrogens with zero attached hydrogens (tertiary/aromatic N) is 2. The van der Waals surface area contributed by atoms with Gasteiger partial charge in [-0.3, -0.25) is 4.79 Å². The number of anilines is 2. The maximum Gasteiger partial charge on any atom is 0.294 e. The highest BCUT2D eigenvalue weighted by atomic mass is 16.4. The van der Waals surface area contributed by atoms with Crippen LogP contribution in [0.5, 0.6) is 0 Å². The molecule has 0 aliphatic carbocycles. The van der Waals surface area contributed by atoms with Gasteiger partial charge in [0.2, 0.25) is 5.91 Å². The Morgan fingerprint density at radius 1 is 1.37 bits per heavy atom. The van der Waals surface area contributed by atoms with Gasteiger partial charge in [-0.1, -0.05) is 6.07 Å². The van der Waals surface area contributed by atoms with E-state index in [1.807, 2.05) is 19.2 Å². The summed E-state index contributed by atoms with van der Waals surface area (Å²) in [6.07, 6.45) is 2.97. The molecule has 2 heterocycles. The average Bonchev–Trinajstić information content (AvgIpc) is 2.91. The Balaban J connectivity index is 1.99. The van der Waals surface area contributed by atoms with Gasteiger partial charge in [-0.2, -0.15) is 4.98 Å². The molecular formula is C14H15N3O2. The number of oxazole rings is 1. The van der Waals surface area contributed by atoms with Gasteiger partial charge in [0.05, 0.1) is 0 Å². The van der Waals surface area contributed by atoms with Gasteiger partial charge >= 0.3 is 0 Å². The lowest BCUT2D eigenvalue weighted by Gasteiger charge is -2.25. The summed E-state index contributed by atoms with van der Waals surface area (Å²) >= 11 is 0. The summed E-state index contributed by atoms with van der Waals surface area (Å²) in [4.78, 5) is 17.7. The van der Waals surface area contributed by atoms with Gasteiger partial charge in [0, 0.05) is 31.8 Å². The van der Waals surface area contributed by atoms with Crippen molar-refractivity contribution in [1.82, 2.24) is 4.98 Å². The van der Waals surface area contributed by atoms with Crippen LogP contribution in [-0.2, 0) is 11.2 Å². The standard InChI is InChI=1S/C14H15N3O2/c1-15-14-16-11(8-19-14)9-3-5-12-10(7-9)4-6-13(18)17(12)2/h3,5,7-8H,4,6H2,1-2H3,(H,15,16). The predicted molar refractivity (Wildman–Crippen MR) is 73.2 cm³/mol. The quantitative estimate of drug-likeness (QED) is 0.896. The summed E-state index contributed by atoms with van der Waals surface area (Å²) in [7, 11) is 3.58. The fraction of sp³-hybridized carbons (Fsp3) is 0.286. The lowest BCUT2D eigenvalue weighted by Crippen LogP contribution is -2.30. The van der Waals surface area contributed by atoms with Crippen LogP contribution in [0.2, 0.25) is 0 Å². The number of amides is 1. The Kier molecular flexibility index (Phi) is 2.74. The molecule has 98 valence electrons. The number of benzene rings is 1. The Morgan fingerprint density at radius 2 is 2.21 bits per heavy atom. The fourth-order valence-electron chi connectivity index (χ4n) is 2.34. The molecule has 1 aliphatic heterocycles. The highest BCUT2D eigenvalue weighted by Gasteiger charge is 2.21. The van der Waals surface area contributed by atoms with Crippen molar-refractivity contribution in [2.75, 3.05) is 24.3 Å². The first-order chi connectivity index (χ1) is 9.19. The first kappa shape index (κ1) is 11.8. The number of carbonyl (C=O) groups is 1. The highest BCUT2D eigenvalue weighted by Crippen LogP contribution is 2.31. The van der Waals surface area contributed by atoms with Crippen LogP contribution in [0.4, 0.5) is 11.7 Å². The van der Waals surface area contributed by atoms with Crippen LogP contribution in [0.1, 0.15) is 12.0 Å². The number of aromatic nitrogens is 1. The van der Waals surface area contributed by atoms with Crippen molar-refractivity contribution in [2.24, 2.45) is 0 Å². The maximum atomic E-state index is 11.6. The molecule has 1 aliphatic rings. The van der Waals surface area contributed by atoms with Crippen LogP contribution in [0, 0.1) is 0 Å². The third-order valence-electron chi connectivity index (χ3n) is 3.44. The third kappa shape index (κ3) is 1.97. The minimum atomic E-state index is 0.166. The monoisotopic (exact) mass is 257 g/mol. The topological polar surface area (TPSA) is 58.4 Å². The van der Waals surface area contributed by atoms with Crippen molar-refractivity contribution in [3.63, 3.8) is 0 Å². The second-order valence-corrected chi connectivity index (χ2v) is 4.58. The summed E-state index contributed by atoms with van der Waals surface area (Å²) < 4.78 is 5.26. The molecular weight excluding hydrogens is 242 g/mol. The van der Waals surface area contributed by atoms with E-state index in [0.29, 0.717) is 12.4 Å². The van der Waals surface area contributed by atoms with E-state index < -0.39 is 0 Å². The molecule has 0 unspecified atom stereocenters. The van der Waals surface area contributed by atoms with Crippen LogP contribution < -0.4 is 10.2 Å². The molecule has 0 fully saturated rings. The van der Waals surface area contributed by atoms with Crippen molar-refractivity contribution in [3.8, 4) is 11.3 Å². The average molecular weight is 257 g/mol. The van der Waals surface area contributed by atoms with Crippen molar-refractivity contribution >= 4 is 17.6 Å². The van der Waals surface area contributed by atoms with Gasteiger partial charge in [-0.15, -0.1) is 0 Å². The zero-order valence-corrected chi connectivity index (χ0v) is 10.9. The number of aryl methyl sites for hydroxylation is 1. The van der Waals surface area contributed by atoms with Gasteiger partial charge < -0.3 is 14.6 Å². The summed E-state index contributed by atoms with van der Waals surface area (Å²) in [5.74, 6) is 0.166. The molecule has 2 aromatic rings. The minimum absolute atomic E-state index is 0.166. The number of nitrogens with one attached hydrogen (secondary N) is 1. The number of hydrogen-bond donors (Lipinski definition) is 1. The molecule has 1 aromatic carbocycles. The van der Waals surface area contributed by atoms with E-state index in [2.05, 4.69) is 16.4 Å². The zero-order chi connectivity index (χ0) is 13.4. The van der Waals surface area contributed by atoms with Crippen molar-refractivity contribution in [1.29, 1.82) is 0 Å². The van der Waals surface area contributed by atoms with Crippen LogP contribution in [0.25, 0.3) is 11.3 Å². The molecule has 0 saturated carbocycles. The smallest absolute Gasteiger partial charge is 0.294 e. The Hall–Kier alpha value is -2.30. The molecule has 0 radical (unpaired) electrons. The summed E-state index contributed by atoms with van der Waals surface area (Å²) in [5, 5.41) is 2.86. The SMILES string of the molecule is CNc1nc(-c2ccc3c(c2)CCC(=O)N3C)co1. The Bertz CT molecular complexity index is 633. The lowest BCUT2D eigenvalue weighted by molar-refractivity contribution is -0.118. The molecule has 0 saturated heterocycles. The van der Waals surface area contributed by atoms with Gasteiger partial charge in [0.25, 0.3) is 6.01 Å². The second-order valence-electron chi connectivity index (χ2n) is 4.58. The normalized spacial score (nSPS) is 14.4. The molecule has 1 amide bonds. The van der Waals surface area contributed by atoms with Crippen molar-refractivity contribution in [2.45, 2.75) is 12.8 Å². The summed E-state index contributed by atoms with van der Waals surface area (Å²) in [6.45, 7) is 0. The van der Waals surface area contributed by atoms with Gasteiger partial charge in [0.1, 0.15) is 12.0 Å². The van der Waals surface area contributed by atoms with E-state index >= 15 is 0 Å². The van der Waals surface area contributed by atoms with E-state index in [9.17, 15) is 4.79 Å². The van der Waals surface area contributed by atoms with Gasteiger partial charge in [-0.25, -0.2) is 0 Å². The fourth-order valence-corrected chi connectivity index (χ4v) is 2.34. The zero-order valence-electron chi connectivity index (χ0n) is 10.9. The molecule has 0 spiro atoms. The second kappa shape index (κ2) is 4.42. The number of hydrogen-bond acceptors (Lipinski definition) is 4. The van der Waals surface area contributed by atoms with Crippen molar-refractivity contribution < 1.29 is 9.21 Å². The molecule has 1 aromatic heterocycles. The predicted octanol–water partition coefficient (Wildman–Crippen LogP) is 2.29. The van der Waals surface area contributed by atoms with Crippen molar-refractivity contribution in [3.05, 3.63) is 30.0 Å². The van der Waals surface area contributed by atoms with E-state index in [1.54, 1.807) is 18.2 Å². The number of fused-ring (bicyclic) bond motifs is 1. The van der Waals surface area contributed by atoms with E-state index in [-0.39, 0.29) is 5.91 Å². The molecule has 19 heavy (non-hydrogen) atoms. The molecule has 1 N–H and O–H groups in total. The maximum absolute atomic E-state index is 11.6. The van der Waals surface area contributed by atoms with Crippen LogP contribution in [-0.4, -0.2) is 25.0 Å². The van der Waals surface area contributed by atoms with Gasteiger partial charge in [0.15, 0.2) is 0 Å². The van der Waals surface area contributed by atoms with Crippen LogP contribution >= 0.6 is 0 Å².